The van der Waals surface area contributed by atoms with Crippen LogP contribution >= 0.6 is 0 Å². The Kier molecular flexibility index (Phi) is 4.99. The van der Waals surface area contributed by atoms with Crippen LogP contribution in [0.15, 0.2) is 47.4 Å². The number of amides is 1. The minimum Gasteiger partial charge on any atom is -0.493 e. The molecule has 1 aromatic carbocycles. The predicted octanol–water partition coefficient (Wildman–Crippen LogP) is 2.26. The SMILES string of the molecule is Cc1ccc(CNC(=O)Cn2ccccc2=O)c(OCC2CC2)c1. The molecule has 0 bridgehead atoms. The highest BCUT2D eigenvalue weighted by atomic mass is 16.5. The van der Waals surface area contributed by atoms with E-state index < -0.39 is 0 Å². The van der Waals surface area contributed by atoms with Crippen LogP contribution in [0.5, 0.6) is 5.75 Å². The standard InChI is InChI=1S/C19H22N2O3/c1-14-5-8-16(17(10-14)24-13-15-6-7-15)11-20-18(22)12-21-9-3-2-4-19(21)23/h2-5,8-10,15H,6-7,11-13H2,1H3,(H,20,22). The summed E-state index contributed by atoms with van der Waals surface area (Å²) in [5.41, 5.74) is 1.90. The Morgan fingerprint density at radius 3 is 2.88 bits per heavy atom. The molecule has 0 unspecified atom stereocenters. The zero-order valence-corrected chi connectivity index (χ0v) is 13.8. The molecular weight excluding hydrogens is 304 g/mol. The number of nitrogens with one attached hydrogen (secondary N) is 1. The lowest BCUT2D eigenvalue weighted by Gasteiger charge is -2.13. The van der Waals surface area contributed by atoms with Gasteiger partial charge in [0, 0.05) is 24.4 Å². The highest BCUT2D eigenvalue weighted by Crippen LogP contribution is 2.30. The second-order valence-electron chi connectivity index (χ2n) is 6.31. The molecule has 0 saturated heterocycles. The number of rotatable bonds is 7. The first-order chi connectivity index (χ1) is 11.6. The molecule has 1 aromatic heterocycles. The largest absolute Gasteiger partial charge is 0.493 e. The third-order valence-corrected chi connectivity index (χ3v) is 4.08. The van der Waals surface area contributed by atoms with Gasteiger partial charge < -0.3 is 14.6 Å². The van der Waals surface area contributed by atoms with Crippen molar-refractivity contribution in [1.82, 2.24) is 9.88 Å². The Morgan fingerprint density at radius 1 is 1.29 bits per heavy atom. The van der Waals surface area contributed by atoms with Crippen LogP contribution in [0.4, 0.5) is 0 Å². The van der Waals surface area contributed by atoms with E-state index in [1.165, 1.54) is 23.5 Å². The lowest BCUT2D eigenvalue weighted by atomic mass is 10.1. The maximum Gasteiger partial charge on any atom is 0.250 e. The topological polar surface area (TPSA) is 60.3 Å². The molecule has 5 heteroatoms. The Balaban J connectivity index is 1.59. The number of carbonyl (C=O) groups is 1. The first kappa shape index (κ1) is 16.3. The molecule has 3 rings (SSSR count). The highest BCUT2D eigenvalue weighted by Gasteiger charge is 2.22. The smallest absolute Gasteiger partial charge is 0.250 e. The minimum atomic E-state index is -0.197. The maximum absolute atomic E-state index is 12.1. The number of benzene rings is 1. The average molecular weight is 326 g/mol. The van der Waals surface area contributed by atoms with Crippen molar-refractivity contribution in [2.75, 3.05) is 6.61 Å². The highest BCUT2D eigenvalue weighted by molar-refractivity contribution is 5.75. The third kappa shape index (κ3) is 4.47. The Hall–Kier alpha value is -2.56. The Morgan fingerprint density at radius 2 is 2.12 bits per heavy atom. The van der Waals surface area contributed by atoms with Gasteiger partial charge >= 0.3 is 0 Å². The minimum absolute atomic E-state index is 0.0177. The van der Waals surface area contributed by atoms with Crippen molar-refractivity contribution in [3.05, 3.63) is 64.1 Å². The van der Waals surface area contributed by atoms with Gasteiger partial charge in [-0.25, -0.2) is 0 Å². The number of ether oxygens (including phenoxy) is 1. The van der Waals surface area contributed by atoms with Gasteiger partial charge in [-0.1, -0.05) is 18.2 Å². The van der Waals surface area contributed by atoms with Crippen molar-refractivity contribution >= 4 is 5.91 Å². The van der Waals surface area contributed by atoms with Crippen molar-refractivity contribution in [3.63, 3.8) is 0 Å². The van der Waals surface area contributed by atoms with Gasteiger partial charge in [0.05, 0.1) is 6.61 Å². The molecule has 1 heterocycles. The molecule has 1 N–H and O–H groups in total. The molecule has 126 valence electrons. The fraction of sp³-hybridized carbons (Fsp3) is 0.368. The van der Waals surface area contributed by atoms with Crippen molar-refractivity contribution in [3.8, 4) is 5.75 Å². The summed E-state index contributed by atoms with van der Waals surface area (Å²) in [6.07, 6.45) is 4.09. The van der Waals surface area contributed by atoms with Gasteiger partial charge in [-0.2, -0.15) is 0 Å². The molecule has 24 heavy (non-hydrogen) atoms. The van der Waals surface area contributed by atoms with Crippen LogP contribution in [0.3, 0.4) is 0 Å². The summed E-state index contributed by atoms with van der Waals surface area (Å²) < 4.78 is 7.29. The third-order valence-electron chi connectivity index (χ3n) is 4.08. The summed E-state index contributed by atoms with van der Waals surface area (Å²) >= 11 is 0. The van der Waals surface area contributed by atoms with Crippen molar-refractivity contribution in [2.24, 2.45) is 5.92 Å². The van der Waals surface area contributed by atoms with Crippen molar-refractivity contribution in [1.29, 1.82) is 0 Å². The summed E-state index contributed by atoms with van der Waals surface area (Å²) in [5, 5.41) is 2.86. The molecule has 1 amide bonds. The van der Waals surface area contributed by atoms with Gasteiger partial charge in [-0.05, 0) is 43.4 Å². The van der Waals surface area contributed by atoms with E-state index in [4.69, 9.17) is 4.74 Å². The summed E-state index contributed by atoms with van der Waals surface area (Å²) in [6, 6.07) is 10.8. The van der Waals surface area contributed by atoms with Gasteiger partial charge in [0.25, 0.3) is 5.56 Å². The molecule has 1 fully saturated rings. The van der Waals surface area contributed by atoms with Crippen LogP contribution in [-0.2, 0) is 17.9 Å². The molecule has 5 nitrogen and oxygen atoms in total. The number of hydrogen-bond donors (Lipinski definition) is 1. The van der Waals surface area contributed by atoms with Crippen molar-refractivity contribution in [2.45, 2.75) is 32.9 Å². The van der Waals surface area contributed by atoms with E-state index in [9.17, 15) is 9.59 Å². The molecular formula is C19H22N2O3. The van der Waals surface area contributed by atoms with E-state index >= 15 is 0 Å². The quantitative estimate of drug-likeness (QED) is 0.849. The molecule has 0 radical (unpaired) electrons. The monoisotopic (exact) mass is 326 g/mol. The second-order valence-corrected chi connectivity index (χ2v) is 6.31. The number of pyridine rings is 1. The maximum atomic E-state index is 12.1. The van der Waals surface area contributed by atoms with E-state index in [1.54, 1.807) is 18.3 Å². The zero-order valence-electron chi connectivity index (χ0n) is 13.8. The predicted molar refractivity (Wildman–Crippen MR) is 91.9 cm³/mol. The van der Waals surface area contributed by atoms with Gasteiger partial charge in [0.15, 0.2) is 0 Å². The fourth-order valence-corrected chi connectivity index (χ4v) is 2.43. The normalized spacial score (nSPS) is 13.5. The molecule has 0 aliphatic heterocycles. The summed E-state index contributed by atoms with van der Waals surface area (Å²) in [4.78, 5) is 23.7. The van der Waals surface area contributed by atoms with Gasteiger partial charge in [0.2, 0.25) is 5.91 Å². The van der Waals surface area contributed by atoms with E-state index in [0.717, 1.165) is 23.5 Å². The van der Waals surface area contributed by atoms with Crippen LogP contribution in [0.25, 0.3) is 0 Å². The van der Waals surface area contributed by atoms with Crippen LogP contribution in [0.1, 0.15) is 24.0 Å². The molecule has 1 saturated carbocycles. The number of carbonyl (C=O) groups excluding carboxylic acids is 1. The summed E-state index contributed by atoms with van der Waals surface area (Å²) in [7, 11) is 0. The summed E-state index contributed by atoms with van der Waals surface area (Å²) in [5.74, 6) is 1.31. The van der Waals surface area contributed by atoms with Crippen LogP contribution < -0.4 is 15.6 Å². The van der Waals surface area contributed by atoms with Gasteiger partial charge in [-0.3, -0.25) is 9.59 Å². The number of aryl methyl sites for hydroxylation is 1. The molecule has 1 aliphatic carbocycles. The molecule has 0 spiro atoms. The average Bonchev–Trinajstić information content (AvgIpc) is 3.38. The molecule has 1 aliphatic rings. The molecule has 0 atom stereocenters. The van der Waals surface area contributed by atoms with Gasteiger partial charge in [-0.15, -0.1) is 0 Å². The number of hydrogen-bond acceptors (Lipinski definition) is 3. The Labute approximate surface area is 141 Å². The first-order valence-electron chi connectivity index (χ1n) is 8.26. The zero-order chi connectivity index (χ0) is 16.9. The lowest BCUT2D eigenvalue weighted by molar-refractivity contribution is -0.121. The van der Waals surface area contributed by atoms with Gasteiger partial charge in [0.1, 0.15) is 12.3 Å². The number of aromatic nitrogens is 1. The fourth-order valence-electron chi connectivity index (χ4n) is 2.43. The van der Waals surface area contributed by atoms with Crippen LogP contribution in [-0.4, -0.2) is 17.1 Å². The lowest BCUT2D eigenvalue weighted by Crippen LogP contribution is -2.31. The first-order valence-corrected chi connectivity index (χ1v) is 8.26. The van der Waals surface area contributed by atoms with E-state index in [2.05, 4.69) is 5.32 Å². The summed E-state index contributed by atoms with van der Waals surface area (Å²) in [6.45, 7) is 3.17. The van der Waals surface area contributed by atoms with Crippen molar-refractivity contribution < 1.29 is 9.53 Å². The van der Waals surface area contributed by atoms with E-state index in [1.807, 2.05) is 25.1 Å². The second kappa shape index (κ2) is 7.34. The Bertz CT molecular complexity index is 778. The molecule has 2 aromatic rings. The van der Waals surface area contributed by atoms with E-state index in [0.29, 0.717) is 12.5 Å². The number of nitrogens with zero attached hydrogens (tertiary/aromatic N) is 1. The van der Waals surface area contributed by atoms with Crippen LogP contribution in [0, 0.1) is 12.8 Å². The van der Waals surface area contributed by atoms with E-state index in [-0.39, 0.29) is 18.0 Å². The van der Waals surface area contributed by atoms with Crippen LogP contribution in [0.2, 0.25) is 0 Å².